The number of halogens is 1. The Labute approximate surface area is 111 Å². The van der Waals surface area contributed by atoms with Crippen molar-refractivity contribution >= 4 is 11.6 Å². The van der Waals surface area contributed by atoms with E-state index >= 15 is 0 Å². The molecule has 2 rings (SSSR count). The van der Waals surface area contributed by atoms with Crippen LogP contribution in [0.4, 0.5) is 0 Å². The average Bonchev–Trinajstić information content (AvgIpc) is 2.38. The minimum atomic E-state index is -1.23. The normalized spacial score (nSPS) is 14.2. The number of phenolic OH excluding ortho intramolecular Hbond substituents is 1. The van der Waals surface area contributed by atoms with Crippen LogP contribution in [0.25, 0.3) is 0 Å². The van der Waals surface area contributed by atoms with Gasteiger partial charge in [0, 0.05) is 10.6 Å². The highest BCUT2D eigenvalue weighted by Crippen LogP contribution is 2.38. The van der Waals surface area contributed by atoms with E-state index in [2.05, 4.69) is 0 Å². The van der Waals surface area contributed by atoms with Crippen molar-refractivity contribution in [1.82, 2.24) is 0 Å². The summed E-state index contributed by atoms with van der Waals surface area (Å²) in [6.07, 6.45) is 0.449. The third-order valence-electron chi connectivity index (χ3n) is 3.16. The van der Waals surface area contributed by atoms with Gasteiger partial charge in [0.05, 0.1) is 0 Å². The Morgan fingerprint density at radius 2 is 1.83 bits per heavy atom. The molecule has 0 fully saturated rings. The minimum absolute atomic E-state index is 0.0850. The number of phenols is 1. The Balaban J connectivity index is 2.59. The van der Waals surface area contributed by atoms with E-state index < -0.39 is 5.60 Å². The molecular formula is C15H15ClO2. The van der Waals surface area contributed by atoms with E-state index in [-0.39, 0.29) is 5.75 Å². The van der Waals surface area contributed by atoms with Gasteiger partial charge in [0.15, 0.2) is 0 Å². The van der Waals surface area contributed by atoms with Crippen LogP contribution >= 0.6 is 11.6 Å². The number of aromatic hydroxyl groups is 1. The van der Waals surface area contributed by atoms with E-state index in [1.54, 1.807) is 42.5 Å². The van der Waals surface area contributed by atoms with Crippen molar-refractivity contribution in [2.24, 2.45) is 0 Å². The van der Waals surface area contributed by atoms with Gasteiger partial charge in [-0.2, -0.15) is 0 Å². The van der Waals surface area contributed by atoms with Crippen molar-refractivity contribution in [1.29, 1.82) is 0 Å². The highest BCUT2D eigenvalue weighted by molar-refractivity contribution is 6.30. The second-order valence-electron chi connectivity index (χ2n) is 4.24. The van der Waals surface area contributed by atoms with Gasteiger partial charge >= 0.3 is 0 Å². The predicted molar refractivity (Wildman–Crippen MR) is 72.8 cm³/mol. The van der Waals surface area contributed by atoms with Crippen LogP contribution in [-0.4, -0.2) is 10.2 Å². The van der Waals surface area contributed by atoms with E-state index in [0.29, 0.717) is 22.6 Å². The Bertz CT molecular complexity index is 554. The van der Waals surface area contributed by atoms with Gasteiger partial charge in [0.2, 0.25) is 0 Å². The number of hydrogen-bond donors (Lipinski definition) is 2. The molecule has 94 valence electrons. The van der Waals surface area contributed by atoms with E-state index in [4.69, 9.17) is 11.6 Å². The van der Waals surface area contributed by atoms with Gasteiger partial charge < -0.3 is 10.2 Å². The molecule has 1 atom stereocenters. The first kappa shape index (κ1) is 12.9. The first-order valence-electron chi connectivity index (χ1n) is 5.85. The SMILES string of the molecule is CCC(O)(c1cccc(Cl)c1)c1ccccc1O. The van der Waals surface area contributed by atoms with Gasteiger partial charge in [-0.05, 0) is 30.2 Å². The number of para-hydroxylation sites is 1. The van der Waals surface area contributed by atoms with Crippen LogP contribution in [0, 0.1) is 0 Å². The molecule has 0 amide bonds. The molecule has 3 heteroatoms. The lowest BCUT2D eigenvalue weighted by molar-refractivity contribution is 0.0738. The number of hydrogen-bond acceptors (Lipinski definition) is 2. The zero-order valence-corrected chi connectivity index (χ0v) is 10.9. The van der Waals surface area contributed by atoms with Gasteiger partial charge in [-0.25, -0.2) is 0 Å². The molecule has 0 aromatic heterocycles. The Morgan fingerprint density at radius 1 is 1.11 bits per heavy atom. The van der Waals surface area contributed by atoms with Crippen LogP contribution in [0.3, 0.4) is 0 Å². The first-order valence-corrected chi connectivity index (χ1v) is 6.22. The smallest absolute Gasteiger partial charge is 0.122 e. The number of benzene rings is 2. The predicted octanol–water partition coefficient (Wildman–Crippen LogP) is 3.69. The molecule has 2 nitrogen and oxygen atoms in total. The molecule has 2 N–H and O–H groups in total. The summed E-state index contributed by atoms with van der Waals surface area (Å²) in [6, 6.07) is 13.9. The fraction of sp³-hybridized carbons (Fsp3) is 0.200. The van der Waals surface area contributed by atoms with Crippen LogP contribution in [0.2, 0.25) is 5.02 Å². The first-order chi connectivity index (χ1) is 8.58. The van der Waals surface area contributed by atoms with E-state index in [0.717, 1.165) is 0 Å². The molecule has 0 aliphatic rings. The van der Waals surface area contributed by atoms with Crippen LogP contribution in [0.15, 0.2) is 48.5 Å². The zero-order valence-electron chi connectivity index (χ0n) is 10.1. The Morgan fingerprint density at radius 3 is 2.44 bits per heavy atom. The molecule has 0 saturated heterocycles. The lowest BCUT2D eigenvalue weighted by Gasteiger charge is -2.28. The molecule has 0 radical (unpaired) electrons. The fourth-order valence-electron chi connectivity index (χ4n) is 2.12. The number of rotatable bonds is 3. The van der Waals surface area contributed by atoms with Crippen molar-refractivity contribution in [2.75, 3.05) is 0 Å². The van der Waals surface area contributed by atoms with Crippen LogP contribution in [0.1, 0.15) is 24.5 Å². The molecule has 18 heavy (non-hydrogen) atoms. The van der Waals surface area contributed by atoms with Crippen LogP contribution < -0.4 is 0 Å². The van der Waals surface area contributed by atoms with Gasteiger partial charge in [-0.3, -0.25) is 0 Å². The Hall–Kier alpha value is -1.51. The lowest BCUT2D eigenvalue weighted by atomic mass is 9.83. The van der Waals surface area contributed by atoms with E-state index in [9.17, 15) is 10.2 Å². The van der Waals surface area contributed by atoms with Gasteiger partial charge in [0.1, 0.15) is 11.4 Å². The molecular weight excluding hydrogens is 248 g/mol. The molecule has 1 unspecified atom stereocenters. The monoisotopic (exact) mass is 262 g/mol. The average molecular weight is 263 g/mol. The van der Waals surface area contributed by atoms with Crippen molar-refractivity contribution < 1.29 is 10.2 Å². The maximum Gasteiger partial charge on any atom is 0.122 e. The van der Waals surface area contributed by atoms with Crippen LogP contribution in [-0.2, 0) is 5.60 Å². The second-order valence-corrected chi connectivity index (χ2v) is 4.68. The number of aliphatic hydroxyl groups is 1. The molecule has 0 spiro atoms. The van der Waals surface area contributed by atoms with Gasteiger partial charge in [-0.15, -0.1) is 0 Å². The summed E-state index contributed by atoms with van der Waals surface area (Å²) >= 11 is 5.96. The third-order valence-corrected chi connectivity index (χ3v) is 3.40. The van der Waals surface area contributed by atoms with E-state index in [1.807, 2.05) is 13.0 Å². The maximum absolute atomic E-state index is 10.8. The van der Waals surface area contributed by atoms with Crippen molar-refractivity contribution in [2.45, 2.75) is 18.9 Å². The molecule has 0 saturated carbocycles. The highest BCUT2D eigenvalue weighted by Gasteiger charge is 2.31. The quantitative estimate of drug-likeness (QED) is 0.886. The second kappa shape index (κ2) is 5.01. The van der Waals surface area contributed by atoms with Crippen molar-refractivity contribution in [3.8, 4) is 5.75 Å². The summed E-state index contributed by atoms with van der Waals surface area (Å²) < 4.78 is 0. The summed E-state index contributed by atoms with van der Waals surface area (Å²) in [5.41, 5.74) is -0.0512. The van der Waals surface area contributed by atoms with Crippen molar-refractivity contribution in [3.05, 3.63) is 64.7 Å². The van der Waals surface area contributed by atoms with Crippen LogP contribution in [0.5, 0.6) is 5.75 Å². The maximum atomic E-state index is 10.8. The van der Waals surface area contributed by atoms with Crippen molar-refractivity contribution in [3.63, 3.8) is 0 Å². The fourth-order valence-corrected chi connectivity index (χ4v) is 2.31. The molecule has 0 aliphatic heterocycles. The van der Waals surface area contributed by atoms with Gasteiger partial charge in [0.25, 0.3) is 0 Å². The summed E-state index contributed by atoms with van der Waals surface area (Å²) in [4.78, 5) is 0. The summed E-state index contributed by atoms with van der Waals surface area (Å²) in [5, 5.41) is 21.3. The largest absolute Gasteiger partial charge is 0.508 e. The molecule has 0 bridgehead atoms. The standard InChI is InChI=1S/C15H15ClO2/c1-2-15(18,11-6-5-7-12(16)10-11)13-8-3-4-9-14(13)17/h3-10,17-18H,2H2,1H3. The summed E-state index contributed by atoms with van der Waals surface area (Å²) in [6.45, 7) is 1.87. The lowest BCUT2D eigenvalue weighted by Crippen LogP contribution is -2.26. The molecule has 2 aromatic rings. The topological polar surface area (TPSA) is 40.5 Å². The molecule has 0 aliphatic carbocycles. The summed E-state index contributed by atoms with van der Waals surface area (Å²) in [5.74, 6) is 0.0850. The Kier molecular flexibility index (Phi) is 3.60. The van der Waals surface area contributed by atoms with E-state index in [1.165, 1.54) is 0 Å². The minimum Gasteiger partial charge on any atom is -0.508 e. The summed E-state index contributed by atoms with van der Waals surface area (Å²) in [7, 11) is 0. The zero-order chi connectivity index (χ0) is 13.2. The third kappa shape index (κ3) is 2.22. The molecule has 2 aromatic carbocycles. The molecule has 0 heterocycles. The highest BCUT2D eigenvalue weighted by atomic mass is 35.5. The van der Waals surface area contributed by atoms with Gasteiger partial charge in [-0.1, -0.05) is 48.9 Å².